The number of methoxy groups -OCH3 is 1. The Morgan fingerprint density at radius 2 is 2.38 bits per heavy atom. The molecule has 0 fully saturated rings. The summed E-state index contributed by atoms with van der Waals surface area (Å²) in [5.74, 6) is 0.577. The first-order chi connectivity index (χ1) is 6.19. The van der Waals surface area contributed by atoms with Crippen molar-refractivity contribution in [2.75, 3.05) is 13.7 Å². The summed E-state index contributed by atoms with van der Waals surface area (Å²) in [6.07, 6.45) is 0.931. The molecule has 0 aliphatic carbocycles. The fourth-order valence-electron chi connectivity index (χ4n) is 1.12. The first-order valence-electron chi connectivity index (χ1n) is 4.07. The summed E-state index contributed by atoms with van der Waals surface area (Å²) in [5, 5.41) is 9.41. The number of aromatic nitrogens is 1. The summed E-state index contributed by atoms with van der Waals surface area (Å²) < 4.78 is 4.99. The van der Waals surface area contributed by atoms with Gasteiger partial charge in [0, 0.05) is 23.9 Å². The van der Waals surface area contributed by atoms with Gasteiger partial charge in [-0.2, -0.15) is 0 Å². The van der Waals surface area contributed by atoms with E-state index in [1.807, 2.05) is 13.0 Å². The van der Waals surface area contributed by atoms with Crippen LogP contribution in [0.4, 0.5) is 0 Å². The van der Waals surface area contributed by atoms with E-state index < -0.39 is 6.10 Å². The van der Waals surface area contributed by atoms with E-state index in [0.717, 1.165) is 11.1 Å². The average molecular weight is 182 g/mol. The maximum Gasteiger partial charge on any atom is 0.215 e. The molecule has 1 heterocycles. The molecule has 3 N–H and O–H groups in total. The highest BCUT2D eigenvalue weighted by atomic mass is 16.5. The van der Waals surface area contributed by atoms with Crippen LogP contribution in [0.3, 0.4) is 0 Å². The number of nitrogens with zero attached hydrogens (tertiary/aromatic N) is 1. The Bertz CT molecular complexity index is 289. The summed E-state index contributed by atoms with van der Waals surface area (Å²) in [5.41, 5.74) is 6.93. The topological polar surface area (TPSA) is 68.4 Å². The number of aliphatic hydroxyl groups is 1. The van der Waals surface area contributed by atoms with Gasteiger partial charge in [-0.15, -0.1) is 0 Å². The summed E-state index contributed by atoms with van der Waals surface area (Å²) >= 11 is 0. The minimum atomic E-state index is -0.642. The smallest absolute Gasteiger partial charge is 0.215 e. The van der Waals surface area contributed by atoms with E-state index in [2.05, 4.69) is 4.98 Å². The maximum atomic E-state index is 9.41. The highest BCUT2D eigenvalue weighted by Gasteiger charge is 2.07. The third-order valence-electron chi connectivity index (χ3n) is 1.85. The Labute approximate surface area is 77.4 Å². The summed E-state index contributed by atoms with van der Waals surface area (Å²) in [7, 11) is 1.56. The van der Waals surface area contributed by atoms with E-state index in [1.165, 1.54) is 0 Å². The molecule has 0 aliphatic heterocycles. The van der Waals surface area contributed by atoms with E-state index >= 15 is 0 Å². The highest BCUT2D eigenvalue weighted by molar-refractivity contribution is 5.29. The molecule has 0 aromatic carbocycles. The molecule has 1 aromatic heterocycles. The average Bonchev–Trinajstić information content (AvgIpc) is 2.16. The van der Waals surface area contributed by atoms with Crippen molar-refractivity contribution in [3.8, 4) is 5.88 Å². The molecule has 0 aliphatic rings. The van der Waals surface area contributed by atoms with Gasteiger partial charge in [-0.1, -0.05) is 0 Å². The second kappa shape index (κ2) is 4.20. The van der Waals surface area contributed by atoms with Crippen molar-refractivity contribution in [1.29, 1.82) is 0 Å². The van der Waals surface area contributed by atoms with E-state index in [4.69, 9.17) is 10.5 Å². The van der Waals surface area contributed by atoms with Gasteiger partial charge in [0.25, 0.3) is 0 Å². The lowest BCUT2D eigenvalue weighted by Gasteiger charge is -2.09. The zero-order valence-corrected chi connectivity index (χ0v) is 7.82. The number of hydrogen-bond acceptors (Lipinski definition) is 4. The molecule has 0 bridgehead atoms. The SMILES string of the molecule is COc1ncc([C@@H](O)CN)cc1C. The molecule has 1 aromatic rings. The number of aryl methyl sites for hydroxylation is 1. The molecule has 1 atom stereocenters. The van der Waals surface area contributed by atoms with E-state index in [1.54, 1.807) is 13.3 Å². The Hall–Kier alpha value is -1.13. The Kier molecular flexibility index (Phi) is 3.22. The molecular weight excluding hydrogens is 168 g/mol. The summed E-state index contributed by atoms with van der Waals surface area (Å²) in [6.45, 7) is 2.08. The number of pyridine rings is 1. The van der Waals surface area contributed by atoms with Crippen molar-refractivity contribution >= 4 is 0 Å². The third kappa shape index (κ3) is 2.17. The standard InChI is InChI=1S/C9H14N2O2/c1-6-3-7(8(12)4-10)5-11-9(6)13-2/h3,5,8,12H,4,10H2,1-2H3/t8-/m0/s1. The Balaban J connectivity index is 2.95. The third-order valence-corrected chi connectivity index (χ3v) is 1.85. The molecule has 0 spiro atoms. The lowest BCUT2D eigenvalue weighted by molar-refractivity contribution is 0.186. The zero-order valence-electron chi connectivity index (χ0n) is 7.82. The molecule has 0 unspecified atom stereocenters. The van der Waals surface area contributed by atoms with Crippen LogP contribution in [0.1, 0.15) is 17.2 Å². The minimum absolute atomic E-state index is 0.202. The van der Waals surface area contributed by atoms with Crippen LogP contribution < -0.4 is 10.5 Å². The van der Waals surface area contributed by atoms with Gasteiger partial charge in [-0.3, -0.25) is 0 Å². The van der Waals surface area contributed by atoms with E-state index in [0.29, 0.717) is 5.88 Å². The van der Waals surface area contributed by atoms with Crippen LogP contribution in [0.15, 0.2) is 12.3 Å². The normalized spacial score (nSPS) is 12.6. The van der Waals surface area contributed by atoms with Crippen molar-refractivity contribution in [3.05, 3.63) is 23.4 Å². The van der Waals surface area contributed by atoms with E-state index in [9.17, 15) is 5.11 Å². The number of rotatable bonds is 3. The maximum absolute atomic E-state index is 9.41. The van der Waals surface area contributed by atoms with Gasteiger partial charge in [0.2, 0.25) is 5.88 Å². The zero-order chi connectivity index (χ0) is 9.84. The number of ether oxygens (including phenoxy) is 1. The van der Waals surface area contributed by atoms with E-state index in [-0.39, 0.29) is 6.54 Å². The molecule has 0 amide bonds. The van der Waals surface area contributed by atoms with Crippen LogP contribution in [-0.4, -0.2) is 23.7 Å². The van der Waals surface area contributed by atoms with Crippen LogP contribution in [0.5, 0.6) is 5.88 Å². The van der Waals surface area contributed by atoms with Gasteiger partial charge < -0.3 is 15.6 Å². The van der Waals surface area contributed by atoms with Crippen LogP contribution in [0, 0.1) is 6.92 Å². The van der Waals surface area contributed by atoms with Crippen molar-refractivity contribution < 1.29 is 9.84 Å². The first kappa shape index (κ1) is 9.95. The molecule has 13 heavy (non-hydrogen) atoms. The predicted molar refractivity (Wildman–Crippen MR) is 49.5 cm³/mol. The molecule has 0 saturated heterocycles. The van der Waals surface area contributed by atoms with Crippen molar-refractivity contribution in [3.63, 3.8) is 0 Å². The minimum Gasteiger partial charge on any atom is -0.481 e. The van der Waals surface area contributed by atoms with Crippen LogP contribution in [-0.2, 0) is 0 Å². The van der Waals surface area contributed by atoms with Crippen LogP contribution in [0.2, 0.25) is 0 Å². The Morgan fingerprint density at radius 3 is 2.85 bits per heavy atom. The van der Waals surface area contributed by atoms with Gasteiger partial charge in [0.05, 0.1) is 13.2 Å². The monoisotopic (exact) mass is 182 g/mol. The van der Waals surface area contributed by atoms with Gasteiger partial charge >= 0.3 is 0 Å². The van der Waals surface area contributed by atoms with Crippen molar-refractivity contribution in [2.45, 2.75) is 13.0 Å². The lowest BCUT2D eigenvalue weighted by atomic mass is 10.1. The predicted octanol–water partition coefficient (Wildman–Crippen LogP) is 0.391. The number of nitrogens with two attached hydrogens (primary N) is 1. The highest BCUT2D eigenvalue weighted by Crippen LogP contribution is 2.18. The molecule has 4 nitrogen and oxygen atoms in total. The van der Waals surface area contributed by atoms with Crippen molar-refractivity contribution in [2.24, 2.45) is 5.73 Å². The van der Waals surface area contributed by atoms with Gasteiger partial charge in [-0.05, 0) is 13.0 Å². The molecule has 4 heteroatoms. The van der Waals surface area contributed by atoms with Crippen molar-refractivity contribution in [1.82, 2.24) is 4.98 Å². The molecule has 0 radical (unpaired) electrons. The lowest BCUT2D eigenvalue weighted by Crippen LogP contribution is -2.12. The Morgan fingerprint density at radius 1 is 1.69 bits per heavy atom. The van der Waals surface area contributed by atoms with Crippen LogP contribution >= 0.6 is 0 Å². The fraction of sp³-hybridized carbons (Fsp3) is 0.444. The largest absolute Gasteiger partial charge is 0.481 e. The first-order valence-corrected chi connectivity index (χ1v) is 4.07. The quantitative estimate of drug-likeness (QED) is 0.709. The fourth-order valence-corrected chi connectivity index (χ4v) is 1.12. The number of aliphatic hydroxyl groups excluding tert-OH is 1. The van der Waals surface area contributed by atoms with Gasteiger partial charge in [0.1, 0.15) is 0 Å². The molecule has 72 valence electrons. The summed E-state index contributed by atoms with van der Waals surface area (Å²) in [4.78, 5) is 4.03. The number of hydrogen-bond donors (Lipinski definition) is 2. The second-order valence-electron chi connectivity index (χ2n) is 2.85. The van der Waals surface area contributed by atoms with Gasteiger partial charge in [0.15, 0.2) is 0 Å². The van der Waals surface area contributed by atoms with Crippen LogP contribution in [0.25, 0.3) is 0 Å². The van der Waals surface area contributed by atoms with Gasteiger partial charge in [-0.25, -0.2) is 4.98 Å². The molecule has 1 rings (SSSR count). The second-order valence-corrected chi connectivity index (χ2v) is 2.85. The summed E-state index contributed by atoms with van der Waals surface area (Å²) in [6, 6.07) is 1.82. The molecular formula is C9H14N2O2. The molecule has 0 saturated carbocycles.